The molecule has 3 rings (SSSR count). The molecular formula is C25H28N4O4S. The maximum Gasteiger partial charge on any atom is 0.265 e. The van der Waals surface area contributed by atoms with Gasteiger partial charge in [0, 0.05) is 11.3 Å². The molecule has 0 aliphatic carbocycles. The molecule has 0 radical (unpaired) electrons. The molecule has 0 heterocycles. The maximum atomic E-state index is 13.0. The fraction of sp³-hybridized carbons (Fsp3) is 0.200. The van der Waals surface area contributed by atoms with Gasteiger partial charge in [-0.15, -0.1) is 0 Å². The van der Waals surface area contributed by atoms with Crippen LogP contribution in [0.15, 0.2) is 77.7 Å². The quantitative estimate of drug-likeness (QED) is 0.272. The number of nitrogens with one attached hydrogen (secondary N) is 2. The van der Waals surface area contributed by atoms with Gasteiger partial charge in [0.2, 0.25) is 10.0 Å². The van der Waals surface area contributed by atoms with E-state index in [2.05, 4.69) is 5.32 Å². The molecule has 0 saturated carbocycles. The maximum absolute atomic E-state index is 13.0. The van der Waals surface area contributed by atoms with Gasteiger partial charge in [-0.1, -0.05) is 50.2 Å². The number of benzene rings is 3. The third-order valence-corrected chi connectivity index (χ3v) is 5.96. The zero-order valence-electron chi connectivity index (χ0n) is 19.0. The van der Waals surface area contributed by atoms with Crippen LogP contribution in [0, 0.1) is 11.3 Å². The number of nitrogens with two attached hydrogens (primary N) is 2. The molecule has 6 N–H and O–H groups in total. The number of amidine groups is 1. The topological polar surface area (TPSA) is 148 Å². The van der Waals surface area contributed by atoms with Crippen LogP contribution in [0.4, 0.5) is 5.69 Å². The minimum atomic E-state index is -3.80. The first-order valence-corrected chi connectivity index (χ1v) is 12.2. The molecule has 1 amide bonds. The minimum absolute atomic E-state index is 0.0323. The highest BCUT2D eigenvalue weighted by molar-refractivity contribution is 7.89. The number of sulfonamides is 1. The lowest BCUT2D eigenvalue weighted by atomic mass is 10.0. The monoisotopic (exact) mass is 480 g/mol. The van der Waals surface area contributed by atoms with Crippen LogP contribution in [-0.2, 0) is 14.8 Å². The lowest BCUT2D eigenvalue weighted by molar-refractivity contribution is -0.123. The molecule has 3 aromatic rings. The summed E-state index contributed by atoms with van der Waals surface area (Å²) in [5, 5.41) is 15.7. The van der Waals surface area contributed by atoms with Crippen LogP contribution in [0.5, 0.6) is 5.75 Å². The first-order chi connectivity index (χ1) is 16.0. The van der Waals surface area contributed by atoms with E-state index in [1.54, 1.807) is 60.7 Å². The lowest BCUT2D eigenvalue weighted by Gasteiger charge is -2.21. The van der Waals surface area contributed by atoms with Gasteiger partial charge in [-0.3, -0.25) is 10.2 Å². The first kappa shape index (κ1) is 24.9. The second kappa shape index (κ2) is 10.5. The molecule has 0 spiro atoms. The first-order valence-electron chi connectivity index (χ1n) is 10.7. The number of rotatable bonds is 9. The standard InChI is InChI=1S/C25H28N4O4S/c1-16(2)13-23(33-21-7-3-6-19(14-21)24(26)27)25(30)29-20-11-9-17(10-12-20)18-5-4-8-22(15-18)34(28,31)32/h3-12,14-16,23H,13H2,1-2H3,(H3,26,27)(H,29,30)(H2,28,31,32). The third kappa shape index (κ3) is 6.66. The normalized spacial score (nSPS) is 12.2. The number of hydrogen-bond acceptors (Lipinski definition) is 5. The van der Waals surface area contributed by atoms with Crippen molar-refractivity contribution in [3.63, 3.8) is 0 Å². The molecule has 0 fully saturated rings. The molecule has 0 aromatic heterocycles. The highest BCUT2D eigenvalue weighted by Gasteiger charge is 2.22. The number of carbonyl (C=O) groups excluding carboxylic acids is 1. The van der Waals surface area contributed by atoms with E-state index >= 15 is 0 Å². The van der Waals surface area contributed by atoms with Crippen LogP contribution >= 0.6 is 0 Å². The molecule has 8 nitrogen and oxygen atoms in total. The van der Waals surface area contributed by atoms with Crippen LogP contribution in [0.2, 0.25) is 0 Å². The van der Waals surface area contributed by atoms with Gasteiger partial charge in [-0.05, 0) is 59.9 Å². The SMILES string of the molecule is CC(C)CC(Oc1cccc(C(=N)N)c1)C(=O)Nc1ccc(-c2cccc(S(N)(=O)=O)c2)cc1. The van der Waals surface area contributed by atoms with E-state index in [1.165, 1.54) is 12.1 Å². The Hall–Kier alpha value is -3.69. The number of anilines is 1. The summed E-state index contributed by atoms with van der Waals surface area (Å²) in [5.41, 5.74) is 8.11. The average Bonchev–Trinajstić information content (AvgIpc) is 2.78. The fourth-order valence-electron chi connectivity index (χ4n) is 3.36. The van der Waals surface area contributed by atoms with Gasteiger partial charge in [0.25, 0.3) is 5.91 Å². The van der Waals surface area contributed by atoms with Gasteiger partial charge < -0.3 is 15.8 Å². The van der Waals surface area contributed by atoms with E-state index in [0.717, 1.165) is 5.56 Å². The smallest absolute Gasteiger partial charge is 0.265 e. The molecular weight excluding hydrogens is 452 g/mol. The van der Waals surface area contributed by atoms with E-state index in [9.17, 15) is 13.2 Å². The van der Waals surface area contributed by atoms with Gasteiger partial charge in [0.15, 0.2) is 6.10 Å². The number of nitrogen functional groups attached to an aromatic ring is 1. The molecule has 34 heavy (non-hydrogen) atoms. The number of hydrogen-bond donors (Lipinski definition) is 4. The summed E-state index contributed by atoms with van der Waals surface area (Å²) in [6, 6.07) is 20.2. The highest BCUT2D eigenvalue weighted by atomic mass is 32.2. The molecule has 3 aromatic carbocycles. The summed E-state index contributed by atoms with van der Waals surface area (Å²) in [7, 11) is -3.80. The molecule has 0 bridgehead atoms. The van der Waals surface area contributed by atoms with Crippen molar-refractivity contribution in [2.45, 2.75) is 31.3 Å². The van der Waals surface area contributed by atoms with Crippen molar-refractivity contribution in [1.29, 1.82) is 5.41 Å². The number of amides is 1. The predicted molar refractivity (Wildman–Crippen MR) is 133 cm³/mol. The van der Waals surface area contributed by atoms with E-state index in [1.807, 2.05) is 13.8 Å². The summed E-state index contributed by atoms with van der Waals surface area (Å²) >= 11 is 0. The van der Waals surface area contributed by atoms with E-state index in [4.69, 9.17) is 21.0 Å². The molecule has 0 aliphatic rings. The number of primary sulfonamides is 1. The Labute approximate surface area is 199 Å². The van der Waals surface area contributed by atoms with Crippen LogP contribution in [0.1, 0.15) is 25.8 Å². The van der Waals surface area contributed by atoms with E-state index in [0.29, 0.717) is 29.0 Å². The second-order valence-electron chi connectivity index (χ2n) is 8.32. The highest BCUT2D eigenvalue weighted by Crippen LogP contribution is 2.24. The Morgan fingerprint density at radius 1 is 1.00 bits per heavy atom. The predicted octanol–water partition coefficient (Wildman–Crippen LogP) is 3.72. The molecule has 0 aliphatic heterocycles. The van der Waals surface area contributed by atoms with Crippen molar-refractivity contribution in [1.82, 2.24) is 0 Å². The molecule has 9 heteroatoms. The minimum Gasteiger partial charge on any atom is -0.481 e. The zero-order chi connectivity index (χ0) is 24.9. The number of ether oxygens (including phenoxy) is 1. The second-order valence-corrected chi connectivity index (χ2v) is 9.88. The van der Waals surface area contributed by atoms with Crippen LogP contribution in [0.25, 0.3) is 11.1 Å². The van der Waals surface area contributed by atoms with Crippen LogP contribution in [0.3, 0.4) is 0 Å². The zero-order valence-corrected chi connectivity index (χ0v) is 19.8. The van der Waals surface area contributed by atoms with Gasteiger partial charge in [-0.25, -0.2) is 13.6 Å². The Kier molecular flexibility index (Phi) is 7.70. The molecule has 1 atom stereocenters. The molecule has 1 unspecified atom stereocenters. The Balaban J connectivity index is 1.75. The van der Waals surface area contributed by atoms with Crippen molar-refractivity contribution in [3.05, 3.63) is 78.4 Å². The summed E-state index contributed by atoms with van der Waals surface area (Å²) < 4.78 is 29.2. The van der Waals surface area contributed by atoms with Crippen molar-refractivity contribution in [2.75, 3.05) is 5.32 Å². The summed E-state index contributed by atoms with van der Waals surface area (Å²) in [5.74, 6) is 0.287. The van der Waals surface area contributed by atoms with Gasteiger partial charge in [0.05, 0.1) is 4.90 Å². The largest absolute Gasteiger partial charge is 0.481 e. The van der Waals surface area contributed by atoms with Gasteiger partial charge >= 0.3 is 0 Å². The Bertz CT molecular complexity index is 1290. The molecule has 178 valence electrons. The van der Waals surface area contributed by atoms with Crippen molar-refractivity contribution >= 4 is 27.5 Å². The lowest BCUT2D eigenvalue weighted by Crippen LogP contribution is -2.34. The van der Waals surface area contributed by atoms with E-state index < -0.39 is 16.1 Å². The van der Waals surface area contributed by atoms with Crippen molar-refractivity contribution in [2.24, 2.45) is 16.8 Å². The third-order valence-electron chi connectivity index (χ3n) is 5.05. The van der Waals surface area contributed by atoms with E-state index in [-0.39, 0.29) is 22.6 Å². The van der Waals surface area contributed by atoms with Crippen LogP contribution < -0.4 is 20.9 Å². The summed E-state index contributed by atoms with van der Waals surface area (Å²) in [4.78, 5) is 13.0. The number of carbonyl (C=O) groups is 1. The Morgan fingerprint density at radius 2 is 1.68 bits per heavy atom. The van der Waals surface area contributed by atoms with Gasteiger partial charge in [-0.2, -0.15) is 0 Å². The average molecular weight is 481 g/mol. The Morgan fingerprint density at radius 3 is 2.29 bits per heavy atom. The van der Waals surface area contributed by atoms with Crippen LogP contribution in [-0.4, -0.2) is 26.3 Å². The summed E-state index contributed by atoms with van der Waals surface area (Å²) in [6.07, 6.45) is -0.248. The van der Waals surface area contributed by atoms with Crippen molar-refractivity contribution in [3.8, 4) is 16.9 Å². The summed E-state index contributed by atoms with van der Waals surface area (Å²) in [6.45, 7) is 4.00. The van der Waals surface area contributed by atoms with Gasteiger partial charge in [0.1, 0.15) is 11.6 Å². The molecule has 0 saturated heterocycles. The van der Waals surface area contributed by atoms with Crippen molar-refractivity contribution < 1.29 is 17.9 Å². The fourth-order valence-corrected chi connectivity index (χ4v) is 3.92.